The number of carbonyl (C=O) groups is 2. The van der Waals surface area contributed by atoms with Gasteiger partial charge in [0.05, 0.1) is 11.4 Å². The lowest BCUT2D eigenvalue weighted by Crippen LogP contribution is -2.21. The average Bonchev–Trinajstić information content (AvgIpc) is 3.28. The standard InChI is InChI=1S/C17H16F2N6O3/c1-20-16(27)14-13(8-25(2)24-14)21-15(26)12-7-11(22-23-12)9-3-5-10(6-4-9)28-17(18)19/h3-8,17H,1-2H3,(H,20,27)(H,21,26)(H,22,23). The molecular formula is C17H16F2N6O3. The van der Waals surface area contributed by atoms with Crippen molar-refractivity contribution in [3.63, 3.8) is 0 Å². The van der Waals surface area contributed by atoms with Crippen molar-refractivity contribution in [3.05, 3.63) is 47.9 Å². The fourth-order valence-corrected chi connectivity index (χ4v) is 2.45. The maximum atomic E-state index is 12.5. The van der Waals surface area contributed by atoms with Gasteiger partial charge in [0, 0.05) is 25.9 Å². The van der Waals surface area contributed by atoms with Crippen LogP contribution in [0.25, 0.3) is 11.3 Å². The first-order chi connectivity index (χ1) is 13.4. The summed E-state index contributed by atoms with van der Waals surface area (Å²) in [4.78, 5) is 24.3. The highest BCUT2D eigenvalue weighted by Gasteiger charge is 2.19. The molecule has 2 amide bonds. The van der Waals surface area contributed by atoms with Crippen LogP contribution in [-0.4, -0.2) is 45.5 Å². The van der Waals surface area contributed by atoms with E-state index in [1.807, 2.05) is 0 Å². The fourth-order valence-electron chi connectivity index (χ4n) is 2.45. The van der Waals surface area contributed by atoms with Gasteiger partial charge in [0.25, 0.3) is 11.8 Å². The molecule has 3 aromatic rings. The highest BCUT2D eigenvalue weighted by atomic mass is 19.3. The van der Waals surface area contributed by atoms with Crippen LogP contribution in [0.1, 0.15) is 21.0 Å². The molecule has 0 aliphatic heterocycles. The number of rotatable bonds is 6. The zero-order valence-corrected chi connectivity index (χ0v) is 14.9. The van der Waals surface area contributed by atoms with E-state index >= 15 is 0 Å². The number of H-pyrrole nitrogens is 1. The molecule has 2 aromatic heterocycles. The number of alkyl halides is 2. The van der Waals surface area contributed by atoms with Gasteiger partial charge >= 0.3 is 6.61 Å². The summed E-state index contributed by atoms with van der Waals surface area (Å²) in [6.45, 7) is -2.90. The topological polar surface area (TPSA) is 114 Å². The average molecular weight is 390 g/mol. The van der Waals surface area contributed by atoms with Crippen molar-refractivity contribution < 1.29 is 23.1 Å². The van der Waals surface area contributed by atoms with Crippen LogP contribution in [0.3, 0.4) is 0 Å². The first-order valence-corrected chi connectivity index (χ1v) is 8.05. The van der Waals surface area contributed by atoms with Gasteiger partial charge in [0.15, 0.2) is 5.69 Å². The molecule has 0 atom stereocenters. The Morgan fingerprint density at radius 1 is 1.21 bits per heavy atom. The number of nitrogens with zero attached hydrogens (tertiary/aromatic N) is 3. The molecule has 0 bridgehead atoms. The van der Waals surface area contributed by atoms with Crippen molar-refractivity contribution in [1.82, 2.24) is 25.3 Å². The number of amides is 2. The number of carbonyl (C=O) groups excluding carboxylic acids is 2. The Morgan fingerprint density at radius 2 is 1.93 bits per heavy atom. The van der Waals surface area contributed by atoms with Gasteiger partial charge in [-0.3, -0.25) is 19.4 Å². The van der Waals surface area contributed by atoms with Gasteiger partial charge in [-0.05, 0) is 30.3 Å². The Morgan fingerprint density at radius 3 is 2.57 bits per heavy atom. The van der Waals surface area contributed by atoms with E-state index in [0.717, 1.165) is 0 Å². The van der Waals surface area contributed by atoms with Crippen molar-refractivity contribution in [1.29, 1.82) is 0 Å². The number of nitrogens with one attached hydrogen (secondary N) is 3. The number of aromatic amines is 1. The lowest BCUT2D eigenvalue weighted by atomic mass is 10.1. The number of halogens is 2. The van der Waals surface area contributed by atoms with Gasteiger partial charge in [-0.15, -0.1) is 0 Å². The monoisotopic (exact) mass is 390 g/mol. The predicted molar refractivity (Wildman–Crippen MR) is 95.2 cm³/mol. The van der Waals surface area contributed by atoms with Gasteiger partial charge in [0.1, 0.15) is 11.4 Å². The Kier molecular flexibility index (Phi) is 5.34. The van der Waals surface area contributed by atoms with E-state index in [-0.39, 0.29) is 22.8 Å². The Labute approximate surface area is 157 Å². The van der Waals surface area contributed by atoms with Crippen molar-refractivity contribution >= 4 is 17.5 Å². The first-order valence-electron chi connectivity index (χ1n) is 8.05. The van der Waals surface area contributed by atoms with Crippen molar-refractivity contribution in [3.8, 4) is 17.0 Å². The minimum absolute atomic E-state index is 0.0190. The molecule has 28 heavy (non-hydrogen) atoms. The smallest absolute Gasteiger partial charge is 0.387 e. The van der Waals surface area contributed by atoms with Crippen LogP contribution < -0.4 is 15.4 Å². The quantitative estimate of drug-likeness (QED) is 0.596. The number of aryl methyl sites for hydroxylation is 1. The SMILES string of the molecule is CNC(=O)c1nn(C)cc1NC(=O)c1cc(-c2ccc(OC(F)F)cc2)n[nH]1. The molecule has 3 N–H and O–H groups in total. The zero-order chi connectivity index (χ0) is 20.3. The van der Waals surface area contributed by atoms with E-state index in [1.165, 1.54) is 36.1 Å². The van der Waals surface area contributed by atoms with Crippen LogP contribution in [0.2, 0.25) is 0 Å². The Balaban J connectivity index is 1.75. The maximum absolute atomic E-state index is 12.5. The molecule has 0 aliphatic rings. The number of hydrogen-bond donors (Lipinski definition) is 3. The molecular weight excluding hydrogens is 374 g/mol. The summed E-state index contributed by atoms with van der Waals surface area (Å²) in [7, 11) is 3.08. The van der Waals surface area contributed by atoms with E-state index in [0.29, 0.717) is 11.3 Å². The molecule has 0 fully saturated rings. The van der Waals surface area contributed by atoms with Crippen molar-refractivity contribution in [2.75, 3.05) is 12.4 Å². The van der Waals surface area contributed by atoms with E-state index in [4.69, 9.17) is 0 Å². The third-order valence-corrected chi connectivity index (χ3v) is 3.72. The van der Waals surface area contributed by atoms with E-state index in [2.05, 4.69) is 30.7 Å². The molecule has 0 unspecified atom stereocenters. The molecule has 1 aromatic carbocycles. The van der Waals surface area contributed by atoms with E-state index in [1.54, 1.807) is 19.2 Å². The van der Waals surface area contributed by atoms with Gasteiger partial charge in [-0.1, -0.05) is 0 Å². The number of aromatic nitrogens is 4. The van der Waals surface area contributed by atoms with Gasteiger partial charge in [-0.2, -0.15) is 19.0 Å². The molecule has 11 heteroatoms. The van der Waals surface area contributed by atoms with Crippen LogP contribution in [0.15, 0.2) is 36.5 Å². The highest BCUT2D eigenvalue weighted by molar-refractivity contribution is 6.07. The maximum Gasteiger partial charge on any atom is 0.387 e. The summed E-state index contributed by atoms with van der Waals surface area (Å²) in [5.74, 6) is -0.938. The molecule has 0 radical (unpaired) electrons. The highest BCUT2D eigenvalue weighted by Crippen LogP contribution is 2.23. The third-order valence-electron chi connectivity index (χ3n) is 3.72. The van der Waals surface area contributed by atoms with Gasteiger partial charge < -0.3 is 15.4 Å². The Bertz CT molecular complexity index is 997. The molecule has 9 nitrogen and oxygen atoms in total. The molecule has 146 valence electrons. The van der Waals surface area contributed by atoms with E-state index in [9.17, 15) is 18.4 Å². The number of hydrogen-bond acceptors (Lipinski definition) is 5. The Hall–Kier alpha value is -3.76. The molecule has 0 spiro atoms. The second-order valence-electron chi connectivity index (χ2n) is 5.67. The first kappa shape index (κ1) is 19.0. The fraction of sp³-hybridized carbons (Fsp3) is 0.176. The summed E-state index contributed by atoms with van der Waals surface area (Å²) in [5.41, 5.74) is 1.51. The van der Waals surface area contributed by atoms with Crippen LogP contribution >= 0.6 is 0 Å². The van der Waals surface area contributed by atoms with Crippen molar-refractivity contribution in [2.45, 2.75) is 6.61 Å². The van der Waals surface area contributed by atoms with Crippen LogP contribution in [-0.2, 0) is 7.05 Å². The van der Waals surface area contributed by atoms with Crippen LogP contribution in [0.5, 0.6) is 5.75 Å². The summed E-state index contributed by atoms with van der Waals surface area (Å²) in [6, 6.07) is 7.33. The number of benzene rings is 1. The van der Waals surface area contributed by atoms with Crippen LogP contribution in [0.4, 0.5) is 14.5 Å². The third kappa shape index (κ3) is 4.14. The zero-order valence-electron chi connectivity index (χ0n) is 14.9. The number of ether oxygens (including phenoxy) is 1. The van der Waals surface area contributed by atoms with E-state index < -0.39 is 18.4 Å². The minimum atomic E-state index is -2.90. The lowest BCUT2D eigenvalue weighted by molar-refractivity contribution is -0.0498. The summed E-state index contributed by atoms with van der Waals surface area (Å²) in [6.07, 6.45) is 1.50. The molecule has 0 saturated carbocycles. The molecule has 2 heterocycles. The predicted octanol–water partition coefficient (Wildman–Crippen LogP) is 2.02. The van der Waals surface area contributed by atoms with Crippen LogP contribution in [0, 0.1) is 0 Å². The van der Waals surface area contributed by atoms with Gasteiger partial charge in [-0.25, -0.2) is 0 Å². The number of anilines is 1. The molecule has 0 aliphatic carbocycles. The second kappa shape index (κ2) is 7.86. The summed E-state index contributed by atoms with van der Waals surface area (Å²) >= 11 is 0. The second-order valence-corrected chi connectivity index (χ2v) is 5.67. The lowest BCUT2D eigenvalue weighted by Gasteiger charge is -2.04. The summed E-state index contributed by atoms with van der Waals surface area (Å²) in [5, 5.41) is 15.7. The molecule has 0 saturated heterocycles. The minimum Gasteiger partial charge on any atom is -0.435 e. The summed E-state index contributed by atoms with van der Waals surface area (Å²) < 4.78 is 30.1. The van der Waals surface area contributed by atoms with Gasteiger partial charge in [0.2, 0.25) is 0 Å². The van der Waals surface area contributed by atoms with Crippen molar-refractivity contribution in [2.24, 2.45) is 7.05 Å². The molecule has 3 rings (SSSR count). The normalized spacial score (nSPS) is 10.8. The largest absolute Gasteiger partial charge is 0.435 e.